The van der Waals surface area contributed by atoms with Crippen LogP contribution >= 0.6 is 0 Å². The zero-order valence-corrected chi connectivity index (χ0v) is 12.9. The largest absolute Gasteiger partial charge is 0.481 e. The number of likely N-dealkylation sites (tertiary alicyclic amines) is 1. The van der Waals surface area contributed by atoms with E-state index < -0.39 is 11.9 Å². The van der Waals surface area contributed by atoms with Crippen molar-refractivity contribution in [3.8, 4) is 0 Å². The van der Waals surface area contributed by atoms with E-state index >= 15 is 0 Å². The Kier molecular flexibility index (Phi) is 6.03. The maximum absolute atomic E-state index is 12.7. The first-order chi connectivity index (χ1) is 10.1. The van der Waals surface area contributed by atoms with Gasteiger partial charge in [0.25, 0.3) is 0 Å². The van der Waals surface area contributed by atoms with Crippen molar-refractivity contribution in [2.24, 2.45) is 11.8 Å². The fraction of sp³-hybridized carbons (Fsp3) is 0.875. The number of carboxylic acids is 1. The van der Waals surface area contributed by atoms with Gasteiger partial charge in [-0.25, -0.2) is 0 Å². The summed E-state index contributed by atoms with van der Waals surface area (Å²) in [5, 5.41) is 9.33. The van der Waals surface area contributed by atoms with Crippen LogP contribution in [-0.4, -0.2) is 47.7 Å². The number of hydrogen-bond acceptors (Lipinski definition) is 3. The predicted octanol–water partition coefficient (Wildman–Crippen LogP) is 2.29. The molecular formula is C16H27NO4. The molecule has 1 heterocycles. The number of piperidine rings is 1. The van der Waals surface area contributed by atoms with Crippen LogP contribution in [0.1, 0.15) is 51.9 Å². The molecule has 5 heteroatoms. The number of ether oxygens (including phenoxy) is 1. The quantitative estimate of drug-likeness (QED) is 0.845. The van der Waals surface area contributed by atoms with E-state index in [1.54, 1.807) is 0 Å². The second kappa shape index (κ2) is 7.78. The average molecular weight is 297 g/mol. The lowest BCUT2D eigenvalue weighted by molar-refractivity contribution is -0.154. The summed E-state index contributed by atoms with van der Waals surface area (Å²) < 4.78 is 5.76. The summed E-state index contributed by atoms with van der Waals surface area (Å²) in [4.78, 5) is 25.9. The Hall–Kier alpha value is -1.10. The highest BCUT2D eigenvalue weighted by molar-refractivity contribution is 5.85. The van der Waals surface area contributed by atoms with Crippen molar-refractivity contribution in [1.82, 2.24) is 4.90 Å². The fourth-order valence-corrected chi connectivity index (χ4v) is 3.52. The zero-order chi connectivity index (χ0) is 15.2. The van der Waals surface area contributed by atoms with Gasteiger partial charge in [-0.1, -0.05) is 19.8 Å². The molecule has 0 bridgehead atoms. The van der Waals surface area contributed by atoms with Gasteiger partial charge in [0.15, 0.2) is 0 Å². The van der Waals surface area contributed by atoms with Crippen molar-refractivity contribution in [1.29, 1.82) is 0 Å². The Balaban J connectivity index is 1.95. The van der Waals surface area contributed by atoms with E-state index in [0.717, 1.165) is 45.3 Å². The normalized spacial score (nSPS) is 30.1. The number of nitrogens with zero attached hydrogens (tertiary/aromatic N) is 1. The summed E-state index contributed by atoms with van der Waals surface area (Å²) in [6.45, 7) is 4.18. The van der Waals surface area contributed by atoms with E-state index in [1.807, 2.05) is 4.90 Å². The Labute approximate surface area is 126 Å². The lowest BCUT2D eigenvalue weighted by atomic mass is 9.78. The molecule has 1 N–H and O–H groups in total. The number of rotatable bonds is 5. The van der Waals surface area contributed by atoms with Crippen LogP contribution in [0, 0.1) is 11.8 Å². The van der Waals surface area contributed by atoms with Crippen molar-refractivity contribution in [2.75, 3.05) is 19.7 Å². The average Bonchev–Trinajstić information content (AvgIpc) is 2.52. The van der Waals surface area contributed by atoms with Crippen LogP contribution in [0.2, 0.25) is 0 Å². The van der Waals surface area contributed by atoms with Gasteiger partial charge < -0.3 is 14.7 Å². The molecule has 0 spiro atoms. The van der Waals surface area contributed by atoms with E-state index in [0.29, 0.717) is 19.4 Å². The minimum absolute atomic E-state index is 0.0342. The van der Waals surface area contributed by atoms with Gasteiger partial charge in [-0.3, -0.25) is 9.59 Å². The van der Waals surface area contributed by atoms with Crippen molar-refractivity contribution >= 4 is 11.9 Å². The van der Waals surface area contributed by atoms with Gasteiger partial charge in [-0.2, -0.15) is 0 Å². The molecule has 0 aromatic carbocycles. The fourth-order valence-electron chi connectivity index (χ4n) is 3.52. The van der Waals surface area contributed by atoms with Crippen LogP contribution in [0.5, 0.6) is 0 Å². The molecule has 0 radical (unpaired) electrons. The highest BCUT2D eigenvalue weighted by atomic mass is 16.5. The van der Waals surface area contributed by atoms with Gasteiger partial charge >= 0.3 is 5.97 Å². The molecule has 3 unspecified atom stereocenters. The van der Waals surface area contributed by atoms with Crippen LogP contribution in [0.15, 0.2) is 0 Å². The third kappa shape index (κ3) is 4.19. The minimum Gasteiger partial charge on any atom is -0.481 e. The van der Waals surface area contributed by atoms with Gasteiger partial charge in [0.1, 0.15) is 0 Å². The molecule has 0 aromatic heterocycles. The number of carbonyl (C=O) groups is 2. The van der Waals surface area contributed by atoms with Crippen LogP contribution in [0.25, 0.3) is 0 Å². The molecule has 0 aromatic rings. The van der Waals surface area contributed by atoms with Crippen LogP contribution < -0.4 is 0 Å². The number of amides is 1. The third-order valence-corrected chi connectivity index (χ3v) is 4.65. The molecule has 1 aliphatic heterocycles. The van der Waals surface area contributed by atoms with Crippen LogP contribution in [0.4, 0.5) is 0 Å². The third-order valence-electron chi connectivity index (χ3n) is 4.65. The molecule has 1 saturated heterocycles. The number of carboxylic acid groups (broad SMARTS) is 1. The van der Waals surface area contributed by atoms with Crippen molar-refractivity contribution in [3.05, 3.63) is 0 Å². The van der Waals surface area contributed by atoms with Gasteiger partial charge in [0.05, 0.1) is 17.9 Å². The van der Waals surface area contributed by atoms with Gasteiger partial charge in [0, 0.05) is 19.7 Å². The lowest BCUT2D eigenvalue weighted by Gasteiger charge is -2.37. The Morgan fingerprint density at radius 2 is 1.86 bits per heavy atom. The molecule has 5 nitrogen and oxygen atoms in total. The van der Waals surface area contributed by atoms with E-state index in [2.05, 4.69) is 6.92 Å². The number of hydrogen-bond donors (Lipinski definition) is 1. The summed E-state index contributed by atoms with van der Waals surface area (Å²) in [6, 6.07) is 0. The smallest absolute Gasteiger partial charge is 0.307 e. The lowest BCUT2D eigenvalue weighted by Crippen LogP contribution is -2.48. The first-order valence-corrected chi connectivity index (χ1v) is 8.26. The Bertz CT molecular complexity index is 371. The minimum atomic E-state index is -0.816. The summed E-state index contributed by atoms with van der Waals surface area (Å²) in [5.41, 5.74) is 0. The summed E-state index contributed by atoms with van der Waals surface area (Å²) in [6.07, 6.45) is 6.28. The zero-order valence-electron chi connectivity index (χ0n) is 12.9. The predicted molar refractivity (Wildman–Crippen MR) is 78.9 cm³/mol. The van der Waals surface area contributed by atoms with Gasteiger partial charge in [-0.05, 0) is 32.1 Å². The monoisotopic (exact) mass is 297 g/mol. The first kappa shape index (κ1) is 16.3. The van der Waals surface area contributed by atoms with E-state index in [-0.39, 0.29) is 17.9 Å². The second-order valence-electron chi connectivity index (χ2n) is 6.25. The van der Waals surface area contributed by atoms with Gasteiger partial charge in [0.2, 0.25) is 5.91 Å². The molecule has 2 fully saturated rings. The van der Waals surface area contributed by atoms with E-state index in [4.69, 9.17) is 4.74 Å². The molecule has 3 atom stereocenters. The molecule has 1 saturated carbocycles. The van der Waals surface area contributed by atoms with Crippen LogP contribution in [0.3, 0.4) is 0 Å². The maximum Gasteiger partial charge on any atom is 0.307 e. The highest BCUT2D eigenvalue weighted by Gasteiger charge is 2.38. The maximum atomic E-state index is 12.7. The van der Waals surface area contributed by atoms with E-state index in [9.17, 15) is 14.7 Å². The second-order valence-corrected chi connectivity index (χ2v) is 6.25. The summed E-state index contributed by atoms with van der Waals surface area (Å²) in [7, 11) is 0. The standard InChI is InChI=1S/C16H27NO4/c1-2-10-21-12-6-5-9-17(11-12)15(18)13-7-3-4-8-14(13)16(19)20/h12-14H,2-11H2,1H3,(H,19,20). The van der Waals surface area contributed by atoms with Crippen molar-refractivity contribution in [2.45, 2.75) is 58.0 Å². The molecule has 2 aliphatic rings. The van der Waals surface area contributed by atoms with Crippen molar-refractivity contribution in [3.63, 3.8) is 0 Å². The number of carbonyl (C=O) groups excluding carboxylic acids is 1. The van der Waals surface area contributed by atoms with Gasteiger partial charge in [-0.15, -0.1) is 0 Å². The number of aliphatic carboxylic acids is 1. The molecule has 120 valence electrons. The molecular weight excluding hydrogens is 270 g/mol. The summed E-state index contributed by atoms with van der Waals surface area (Å²) in [5.74, 6) is -1.61. The molecule has 2 rings (SSSR count). The van der Waals surface area contributed by atoms with E-state index in [1.165, 1.54) is 0 Å². The first-order valence-electron chi connectivity index (χ1n) is 8.26. The highest BCUT2D eigenvalue weighted by Crippen LogP contribution is 2.32. The molecule has 1 amide bonds. The Morgan fingerprint density at radius 1 is 1.14 bits per heavy atom. The van der Waals surface area contributed by atoms with Crippen LogP contribution in [-0.2, 0) is 14.3 Å². The molecule has 1 aliphatic carbocycles. The van der Waals surface area contributed by atoms with Crippen molar-refractivity contribution < 1.29 is 19.4 Å². The molecule has 21 heavy (non-hydrogen) atoms. The Morgan fingerprint density at radius 3 is 2.52 bits per heavy atom. The summed E-state index contributed by atoms with van der Waals surface area (Å²) >= 11 is 0. The topological polar surface area (TPSA) is 66.8 Å². The SMILES string of the molecule is CCCOC1CCCN(C(=O)C2CCCCC2C(=O)O)C1.